The van der Waals surface area contributed by atoms with Crippen molar-refractivity contribution in [2.75, 3.05) is 18.4 Å². The van der Waals surface area contributed by atoms with E-state index in [1.807, 2.05) is 12.1 Å². The molecule has 0 radical (unpaired) electrons. The number of thiazole rings is 1. The summed E-state index contributed by atoms with van der Waals surface area (Å²) in [6.07, 6.45) is 1.54. The molecule has 42 heavy (non-hydrogen) atoms. The number of benzene rings is 2. The maximum Gasteiger partial charge on any atom is 0.416 e. The average Bonchev–Trinajstić information content (AvgIpc) is 3.34. The summed E-state index contributed by atoms with van der Waals surface area (Å²) in [4.78, 5) is 27.1. The van der Waals surface area contributed by atoms with E-state index in [1.165, 1.54) is 36.7 Å². The Bertz CT molecular complexity index is 1560. The highest BCUT2D eigenvalue weighted by Gasteiger charge is 2.31. The largest absolute Gasteiger partial charge is 0.437 e. The number of fused-ring (bicyclic) bond motifs is 1. The number of likely N-dealkylation sites (tertiary alicyclic amines) is 1. The topological polar surface area (TPSA) is 80.2 Å². The van der Waals surface area contributed by atoms with Gasteiger partial charge in [-0.25, -0.2) is 15.0 Å². The molecule has 5 rings (SSSR count). The number of aryl methyl sites for hydroxylation is 1. The lowest BCUT2D eigenvalue weighted by molar-refractivity contribution is -0.137. The summed E-state index contributed by atoms with van der Waals surface area (Å²) in [6.45, 7) is 7.83. The number of aromatic nitrogens is 3. The summed E-state index contributed by atoms with van der Waals surface area (Å²) in [5.41, 5.74) is 1.61. The van der Waals surface area contributed by atoms with Gasteiger partial charge in [-0.3, -0.25) is 4.79 Å². The SMILES string of the molecule is CC(=O)Nc1nc2c(Oc3cc(-c4ccc(C(F)(F)F)cc4CC[C@H]4CCCCN4CC(C)C)ncn3)cccc2s1. The van der Waals surface area contributed by atoms with Gasteiger partial charge in [-0.2, -0.15) is 13.2 Å². The van der Waals surface area contributed by atoms with Gasteiger partial charge in [0.15, 0.2) is 10.9 Å². The lowest BCUT2D eigenvalue weighted by Gasteiger charge is -2.37. The molecule has 0 saturated carbocycles. The number of ether oxygens (including phenoxy) is 1. The van der Waals surface area contributed by atoms with Crippen molar-refractivity contribution in [1.82, 2.24) is 19.9 Å². The number of nitrogens with zero attached hydrogens (tertiary/aromatic N) is 4. The number of carbonyl (C=O) groups excluding carboxylic acids is 1. The molecule has 1 amide bonds. The summed E-state index contributed by atoms with van der Waals surface area (Å²) >= 11 is 1.32. The van der Waals surface area contributed by atoms with E-state index in [0.29, 0.717) is 51.6 Å². The second kappa shape index (κ2) is 12.7. The standard InChI is InChI=1S/C31H34F3N5O2S/c1-19(2)17-39-14-5-4-7-23(39)12-10-21-15-22(31(32,33)34)11-13-24(21)25-16-28(36-18-35-25)41-26-8-6-9-27-29(26)38-30(42-27)37-20(3)40/h6,8-9,11,13,15-16,18-19,23H,4-5,7,10,12,14,17H2,1-3H3,(H,37,38,40)/t23-/m1/s1. The molecule has 7 nitrogen and oxygen atoms in total. The lowest BCUT2D eigenvalue weighted by Crippen LogP contribution is -2.41. The normalized spacial score (nSPS) is 16.2. The molecule has 1 saturated heterocycles. The Morgan fingerprint density at radius 3 is 2.76 bits per heavy atom. The number of anilines is 1. The minimum absolute atomic E-state index is 0.222. The van der Waals surface area contributed by atoms with E-state index in [9.17, 15) is 18.0 Å². The zero-order valence-corrected chi connectivity index (χ0v) is 24.7. The first kappa shape index (κ1) is 29.9. The van der Waals surface area contributed by atoms with Gasteiger partial charge in [0, 0.05) is 31.1 Å². The first-order valence-corrected chi connectivity index (χ1v) is 15.0. The lowest BCUT2D eigenvalue weighted by atomic mass is 9.91. The monoisotopic (exact) mass is 597 g/mol. The van der Waals surface area contributed by atoms with Crippen molar-refractivity contribution < 1.29 is 22.7 Å². The first-order chi connectivity index (χ1) is 20.1. The fourth-order valence-electron chi connectivity index (χ4n) is 5.51. The van der Waals surface area contributed by atoms with Gasteiger partial charge in [0.25, 0.3) is 0 Å². The van der Waals surface area contributed by atoms with Gasteiger partial charge in [0.05, 0.1) is 16.0 Å². The van der Waals surface area contributed by atoms with Crippen molar-refractivity contribution in [1.29, 1.82) is 0 Å². The minimum atomic E-state index is -4.44. The summed E-state index contributed by atoms with van der Waals surface area (Å²) in [5.74, 6) is 0.990. The molecule has 1 fully saturated rings. The number of nitrogens with one attached hydrogen (secondary N) is 1. The summed E-state index contributed by atoms with van der Waals surface area (Å²) < 4.78 is 48.1. The smallest absolute Gasteiger partial charge is 0.416 e. The third-order valence-electron chi connectivity index (χ3n) is 7.33. The van der Waals surface area contributed by atoms with Crippen molar-refractivity contribution in [3.63, 3.8) is 0 Å². The number of hydrogen-bond acceptors (Lipinski definition) is 7. The van der Waals surface area contributed by atoms with Gasteiger partial charge in [-0.15, -0.1) is 0 Å². The molecule has 11 heteroatoms. The second-order valence-corrected chi connectivity index (χ2v) is 12.1. The van der Waals surface area contributed by atoms with Crippen LogP contribution in [0.4, 0.5) is 18.3 Å². The van der Waals surface area contributed by atoms with Crippen LogP contribution in [0.25, 0.3) is 21.5 Å². The van der Waals surface area contributed by atoms with Crippen LogP contribution >= 0.6 is 11.3 Å². The molecule has 0 aliphatic carbocycles. The Morgan fingerprint density at radius 1 is 1.17 bits per heavy atom. The van der Waals surface area contributed by atoms with Crippen LogP contribution in [-0.4, -0.2) is 44.9 Å². The van der Waals surface area contributed by atoms with Crippen molar-refractivity contribution in [3.8, 4) is 22.9 Å². The maximum absolute atomic E-state index is 13.7. The molecule has 222 valence electrons. The van der Waals surface area contributed by atoms with E-state index in [2.05, 4.69) is 39.0 Å². The molecule has 0 spiro atoms. The van der Waals surface area contributed by atoms with Crippen LogP contribution in [0.5, 0.6) is 11.6 Å². The molecule has 1 aliphatic heterocycles. The number of alkyl halides is 3. The van der Waals surface area contributed by atoms with Crippen molar-refractivity contribution in [3.05, 3.63) is 59.9 Å². The van der Waals surface area contributed by atoms with Gasteiger partial charge in [-0.05, 0) is 68.0 Å². The van der Waals surface area contributed by atoms with Gasteiger partial charge < -0.3 is 15.0 Å². The molecule has 1 atom stereocenters. The summed E-state index contributed by atoms with van der Waals surface area (Å²) in [6, 6.07) is 11.3. The number of para-hydroxylation sites is 1. The van der Waals surface area contributed by atoms with Gasteiger partial charge >= 0.3 is 6.18 Å². The molecule has 0 unspecified atom stereocenters. The van der Waals surface area contributed by atoms with Gasteiger partial charge in [0.2, 0.25) is 11.8 Å². The zero-order valence-electron chi connectivity index (χ0n) is 23.9. The Labute approximate surface area is 247 Å². The average molecular weight is 598 g/mol. The Balaban J connectivity index is 1.43. The fourth-order valence-corrected chi connectivity index (χ4v) is 6.44. The van der Waals surface area contributed by atoms with Crippen LogP contribution in [0.15, 0.2) is 48.8 Å². The third-order valence-corrected chi connectivity index (χ3v) is 8.26. The Morgan fingerprint density at radius 2 is 2.00 bits per heavy atom. The predicted octanol–water partition coefficient (Wildman–Crippen LogP) is 7.97. The third kappa shape index (κ3) is 7.25. The quantitative estimate of drug-likeness (QED) is 0.211. The van der Waals surface area contributed by atoms with E-state index < -0.39 is 11.7 Å². The van der Waals surface area contributed by atoms with Gasteiger partial charge in [-0.1, -0.05) is 43.7 Å². The predicted molar refractivity (Wildman–Crippen MR) is 159 cm³/mol. The minimum Gasteiger partial charge on any atom is -0.437 e. The molecule has 1 aliphatic rings. The highest BCUT2D eigenvalue weighted by atomic mass is 32.1. The zero-order chi connectivity index (χ0) is 29.9. The van der Waals surface area contributed by atoms with Crippen LogP contribution < -0.4 is 10.1 Å². The molecule has 1 N–H and O–H groups in total. The van der Waals surface area contributed by atoms with Crippen LogP contribution in [-0.2, 0) is 17.4 Å². The van der Waals surface area contributed by atoms with Crippen LogP contribution in [0.1, 0.15) is 57.6 Å². The van der Waals surface area contributed by atoms with Crippen LogP contribution in [0, 0.1) is 5.92 Å². The van der Waals surface area contributed by atoms with Gasteiger partial charge in [0.1, 0.15) is 11.8 Å². The van der Waals surface area contributed by atoms with Crippen LogP contribution in [0.3, 0.4) is 0 Å². The molecule has 2 aromatic carbocycles. The van der Waals surface area contributed by atoms with E-state index in [0.717, 1.165) is 49.5 Å². The van der Waals surface area contributed by atoms with E-state index in [-0.39, 0.29) is 11.8 Å². The highest BCUT2D eigenvalue weighted by molar-refractivity contribution is 7.22. The Hall–Kier alpha value is -3.57. The van der Waals surface area contributed by atoms with E-state index >= 15 is 0 Å². The van der Waals surface area contributed by atoms with E-state index in [1.54, 1.807) is 12.1 Å². The van der Waals surface area contributed by atoms with Crippen molar-refractivity contribution >= 4 is 32.6 Å². The fraction of sp³-hybridized carbons (Fsp3) is 0.419. The number of halogens is 3. The number of piperidine rings is 1. The molecular weight excluding hydrogens is 563 g/mol. The maximum atomic E-state index is 13.7. The molecule has 0 bridgehead atoms. The number of rotatable bonds is 9. The number of amides is 1. The molecular formula is C31H34F3N5O2S. The summed E-state index contributed by atoms with van der Waals surface area (Å²) in [5, 5.41) is 3.14. The number of hydrogen-bond donors (Lipinski definition) is 1. The molecule has 4 aromatic rings. The second-order valence-electron chi connectivity index (χ2n) is 11.1. The van der Waals surface area contributed by atoms with Crippen LogP contribution in [0.2, 0.25) is 0 Å². The highest BCUT2D eigenvalue weighted by Crippen LogP contribution is 2.37. The van der Waals surface area contributed by atoms with E-state index in [4.69, 9.17) is 4.74 Å². The summed E-state index contributed by atoms with van der Waals surface area (Å²) in [7, 11) is 0. The number of carbonyl (C=O) groups is 1. The van der Waals surface area contributed by atoms with Crippen molar-refractivity contribution in [2.45, 2.75) is 65.1 Å². The molecule has 3 heterocycles. The van der Waals surface area contributed by atoms with Crippen molar-refractivity contribution in [2.24, 2.45) is 5.92 Å². The molecule has 2 aromatic heterocycles. The Kier molecular flexibility index (Phi) is 9.08. The first-order valence-electron chi connectivity index (χ1n) is 14.2.